The lowest BCUT2D eigenvalue weighted by Crippen LogP contribution is -2.28. The zero-order chi connectivity index (χ0) is 17.8. The summed E-state index contributed by atoms with van der Waals surface area (Å²) in [7, 11) is 0. The van der Waals surface area contributed by atoms with Gasteiger partial charge in [-0.25, -0.2) is 13.8 Å². The van der Waals surface area contributed by atoms with Crippen LogP contribution in [0.2, 0.25) is 0 Å². The molecule has 2 N–H and O–H groups in total. The minimum absolute atomic E-state index is 0.322. The van der Waals surface area contributed by atoms with E-state index in [1.165, 1.54) is 6.07 Å². The average molecular weight is 358 g/mol. The molecule has 0 unspecified atom stereocenters. The SMILES string of the molecule is Cc1nccn1-c1ccccc1CNC(=S)Nc1ccc(F)c(F)c1. The topological polar surface area (TPSA) is 41.9 Å². The molecule has 0 aliphatic heterocycles. The third-order valence-electron chi connectivity index (χ3n) is 3.69. The second-order valence-corrected chi connectivity index (χ2v) is 5.82. The normalized spacial score (nSPS) is 10.5. The maximum Gasteiger partial charge on any atom is 0.171 e. The van der Waals surface area contributed by atoms with E-state index in [-0.39, 0.29) is 0 Å². The second-order valence-electron chi connectivity index (χ2n) is 5.41. The Morgan fingerprint density at radius 1 is 1.16 bits per heavy atom. The number of hydrogen-bond acceptors (Lipinski definition) is 2. The molecule has 0 fully saturated rings. The number of aryl methyl sites for hydroxylation is 1. The number of thiocarbonyl (C=S) groups is 1. The van der Waals surface area contributed by atoms with Gasteiger partial charge >= 0.3 is 0 Å². The molecule has 0 spiro atoms. The van der Waals surface area contributed by atoms with E-state index in [1.807, 2.05) is 42.0 Å². The zero-order valence-corrected chi connectivity index (χ0v) is 14.3. The van der Waals surface area contributed by atoms with Crippen molar-refractivity contribution in [2.45, 2.75) is 13.5 Å². The molecular weight excluding hydrogens is 342 g/mol. The van der Waals surface area contributed by atoms with Crippen molar-refractivity contribution < 1.29 is 8.78 Å². The molecule has 7 heteroatoms. The molecule has 0 saturated heterocycles. The quantitative estimate of drug-likeness (QED) is 0.693. The van der Waals surface area contributed by atoms with Crippen molar-refractivity contribution >= 4 is 23.0 Å². The third-order valence-corrected chi connectivity index (χ3v) is 3.94. The van der Waals surface area contributed by atoms with Gasteiger partial charge in [-0.05, 0) is 42.9 Å². The van der Waals surface area contributed by atoms with E-state index in [0.29, 0.717) is 17.3 Å². The van der Waals surface area contributed by atoms with Crippen LogP contribution in [0.5, 0.6) is 0 Å². The first kappa shape index (κ1) is 17.0. The Hall–Kier alpha value is -2.80. The summed E-state index contributed by atoms with van der Waals surface area (Å²) in [6, 6.07) is 11.4. The highest BCUT2D eigenvalue weighted by Gasteiger charge is 2.08. The van der Waals surface area contributed by atoms with Crippen molar-refractivity contribution in [3.63, 3.8) is 0 Å². The summed E-state index contributed by atoms with van der Waals surface area (Å²) in [5.41, 5.74) is 2.41. The predicted molar refractivity (Wildman–Crippen MR) is 97.7 cm³/mol. The van der Waals surface area contributed by atoms with Crippen LogP contribution in [0.25, 0.3) is 5.69 Å². The van der Waals surface area contributed by atoms with Gasteiger partial charge in [0.15, 0.2) is 16.7 Å². The molecule has 3 rings (SSSR count). The third kappa shape index (κ3) is 4.00. The molecule has 1 aromatic heterocycles. The molecule has 25 heavy (non-hydrogen) atoms. The van der Waals surface area contributed by atoms with Gasteiger partial charge in [0.25, 0.3) is 0 Å². The summed E-state index contributed by atoms with van der Waals surface area (Å²) < 4.78 is 28.2. The number of nitrogens with zero attached hydrogens (tertiary/aromatic N) is 2. The van der Waals surface area contributed by atoms with Crippen molar-refractivity contribution in [1.82, 2.24) is 14.9 Å². The molecule has 1 heterocycles. The van der Waals surface area contributed by atoms with Crippen molar-refractivity contribution in [2.24, 2.45) is 0 Å². The fraction of sp³-hybridized carbons (Fsp3) is 0.111. The van der Waals surface area contributed by atoms with Crippen LogP contribution in [-0.4, -0.2) is 14.7 Å². The summed E-state index contributed by atoms with van der Waals surface area (Å²) in [5.74, 6) is -0.933. The van der Waals surface area contributed by atoms with Gasteiger partial charge in [0.2, 0.25) is 0 Å². The Labute approximate surface area is 149 Å². The molecular formula is C18H16F2N4S. The van der Waals surface area contributed by atoms with Gasteiger partial charge in [0.1, 0.15) is 5.82 Å². The highest BCUT2D eigenvalue weighted by molar-refractivity contribution is 7.80. The number of rotatable bonds is 4. The van der Waals surface area contributed by atoms with Crippen molar-refractivity contribution in [3.05, 3.63) is 77.9 Å². The molecule has 0 aliphatic carbocycles. The molecule has 2 aromatic carbocycles. The fourth-order valence-corrected chi connectivity index (χ4v) is 2.64. The predicted octanol–water partition coefficient (Wildman–Crippen LogP) is 3.95. The number of hydrogen-bond donors (Lipinski definition) is 2. The van der Waals surface area contributed by atoms with E-state index in [4.69, 9.17) is 12.2 Å². The monoisotopic (exact) mass is 358 g/mol. The number of nitrogens with one attached hydrogen (secondary N) is 2. The average Bonchev–Trinajstić information content (AvgIpc) is 3.02. The van der Waals surface area contributed by atoms with Gasteiger partial charge in [-0.2, -0.15) is 0 Å². The fourth-order valence-electron chi connectivity index (χ4n) is 2.45. The maximum absolute atomic E-state index is 13.2. The van der Waals surface area contributed by atoms with E-state index in [2.05, 4.69) is 15.6 Å². The van der Waals surface area contributed by atoms with Crippen molar-refractivity contribution in [2.75, 3.05) is 5.32 Å². The van der Waals surface area contributed by atoms with Crippen LogP contribution >= 0.6 is 12.2 Å². The Balaban J connectivity index is 1.68. The lowest BCUT2D eigenvalue weighted by Gasteiger charge is -2.14. The summed E-state index contributed by atoms with van der Waals surface area (Å²) >= 11 is 5.22. The van der Waals surface area contributed by atoms with E-state index < -0.39 is 11.6 Å². The van der Waals surface area contributed by atoms with Crippen molar-refractivity contribution in [3.8, 4) is 5.69 Å². The summed E-state index contributed by atoms with van der Waals surface area (Å²) in [6.45, 7) is 2.41. The molecule has 0 saturated carbocycles. The smallest absolute Gasteiger partial charge is 0.171 e. The van der Waals surface area contributed by atoms with E-state index in [1.54, 1.807) is 6.20 Å². The molecule has 0 atom stereocenters. The van der Waals surface area contributed by atoms with Gasteiger partial charge in [0.05, 0.1) is 5.69 Å². The lowest BCUT2D eigenvalue weighted by molar-refractivity contribution is 0.509. The highest BCUT2D eigenvalue weighted by Crippen LogP contribution is 2.16. The van der Waals surface area contributed by atoms with Crippen molar-refractivity contribution in [1.29, 1.82) is 0 Å². The first-order valence-corrected chi connectivity index (χ1v) is 8.03. The van der Waals surface area contributed by atoms with Gasteiger partial charge in [-0.1, -0.05) is 18.2 Å². The number of halogens is 2. The Morgan fingerprint density at radius 2 is 1.96 bits per heavy atom. The van der Waals surface area contributed by atoms with Gasteiger partial charge in [-0.3, -0.25) is 0 Å². The van der Waals surface area contributed by atoms with Crippen LogP contribution in [0, 0.1) is 18.6 Å². The number of aromatic nitrogens is 2. The van der Waals surface area contributed by atoms with Crippen LogP contribution in [-0.2, 0) is 6.54 Å². The summed E-state index contributed by atoms with van der Waals surface area (Å²) in [5, 5.41) is 6.24. The lowest BCUT2D eigenvalue weighted by atomic mass is 10.1. The van der Waals surface area contributed by atoms with Crippen LogP contribution < -0.4 is 10.6 Å². The van der Waals surface area contributed by atoms with Crippen LogP contribution in [0.4, 0.5) is 14.5 Å². The van der Waals surface area contributed by atoms with E-state index in [9.17, 15) is 8.78 Å². The molecule has 4 nitrogen and oxygen atoms in total. The van der Waals surface area contributed by atoms with Gasteiger partial charge < -0.3 is 15.2 Å². The Bertz CT molecular complexity index is 908. The second kappa shape index (κ2) is 7.40. The summed E-state index contributed by atoms with van der Waals surface area (Å²) in [4.78, 5) is 4.24. The number of imidazole rings is 1. The molecule has 0 bridgehead atoms. The minimum atomic E-state index is -0.922. The number of benzene rings is 2. The number of para-hydroxylation sites is 1. The van der Waals surface area contributed by atoms with Gasteiger partial charge in [-0.15, -0.1) is 0 Å². The molecule has 0 aliphatic rings. The first-order valence-electron chi connectivity index (χ1n) is 7.63. The zero-order valence-electron chi connectivity index (χ0n) is 13.5. The molecule has 128 valence electrons. The van der Waals surface area contributed by atoms with Crippen LogP contribution in [0.15, 0.2) is 54.9 Å². The summed E-state index contributed by atoms with van der Waals surface area (Å²) in [6.07, 6.45) is 3.64. The largest absolute Gasteiger partial charge is 0.358 e. The maximum atomic E-state index is 13.2. The first-order chi connectivity index (χ1) is 12.0. The standard InChI is InChI=1S/C18H16F2N4S/c1-12-21-8-9-24(12)17-5-3-2-4-13(17)11-22-18(25)23-14-6-7-15(19)16(20)10-14/h2-10H,11H2,1H3,(H2,22,23,25). The highest BCUT2D eigenvalue weighted by atomic mass is 32.1. The minimum Gasteiger partial charge on any atom is -0.358 e. The molecule has 0 amide bonds. The number of anilines is 1. The molecule has 3 aromatic rings. The van der Waals surface area contributed by atoms with E-state index in [0.717, 1.165) is 29.2 Å². The van der Waals surface area contributed by atoms with Gasteiger partial charge in [0, 0.05) is 30.7 Å². The molecule has 0 radical (unpaired) electrons. The van der Waals surface area contributed by atoms with Crippen LogP contribution in [0.3, 0.4) is 0 Å². The van der Waals surface area contributed by atoms with Crippen LogP contribution in [0.1, 0.15) is 11.4 Å². The Kier molecular flexibility index (Phi) is 5.04. The Morgan fingerprint density at radius 3 is 2.68 bits per heavy atom. The van der Waals surface area contributed by atoms with E-state index >= 15 is 0 Å².